The molecular formula is C11H11BrN4. The Bertz CT molecular complexity index is 513. The summed E-state index contributed by atoms with van der Waals surface area (Å²) in [5.74, 6) is 0.274. The van der Waals surface area contributed by atoms with E-state index in [1.54, 1.807) is 6.07 Å². The summed E-state index contributed by atoms with van der Waals surface area (Å²) in [5.41, 5.74) is 13.6. The number of anilines is 2. The maximum atomic E-state index is 5.67. The number of nitrogens with zero attached hydrogens (tertiary/aromatic N) is 2. The third-order valence-corrected chi connectivity index (χ3v) is 3.01. The minimum atomic E-state index is 0.274. The minimum Gasteiger partial charge on any atom is -0.396 e. The SMILES string of the molecule is Nc1cc(Cc2ccccc2Br)nnc1N. The van der Waals surface area contributed by atoms with Crippen LogP contribution in [0.1, 0.15) is 11.3 Å². The summed E-state index contributed by atoms with van der Waals surface area (Å²) in [6.45, 7) is 0. The molecule has 0 spiro atoms. The van der Waals surface area contributed by atoms with Crippen LogP contribution >= 0.6 is 15.9 Å². The first kappa shape index (κ1) is 10.9. The summed E-state index contributed by atoms with van der Waals surface area (Å²) in [5, 5.41) is 7.79. The Morgan fingerprint density at radius 1 is 1.12 bits per heavy atom. The van der Waals surface area contributed by atoms with Crippen LogP contribution in [-0.2, 0) is 6.42 Å². The molecule has 82 valence electrons. The highest BCUT2D eigenvalue weighted by atomic mass is 79.9. The van der Waals surface area contributed by atoms with Crippen molar-refractivity contribution in [2.45, 2.75) is 6.42 Å². The molecule has 1 aromatic carbocycles. The van der Waals surface area contributed by atoms with Gasteiger partial charge >= 0.3 is 0 Å². The fourth-order valence-corrected chi connectivity index (χ4v) is 1.81. The number of aromatic nitrogens is 2. The van der Waals surface area contributed by atoms with E-state index < -0.39 is 0 Å². The number of hydrogen-bond acceptors (Lipinski definition) is 4. The first-order valence-electron chi connectivity index (χ1n) is 4.78. The number of halogens is 1. The summed E-state index contributed by atoms with van der Waals surface area (Å²) < 4.78 is 1.05. The second-order valence-electron chi connectivity index (χ2n) is 3.44. The van der Waals surface area contributed by atoms with Crippen molar-refractivity contribution in [3.63, 3.8) is 0 Å². The van der Waals surface area contributed by atoms with Crippen molar-refractivity contribution < 1.29 is 0 Å². The summed E-state index contributed by atoms with van der Waals surface area (Å²) in [7, 11) is 0. The van der Waals surface area contributed by atoms with Crippen molar-refractivity contribution in [3.8, 4) is 0 Å². The molecule has 0 fully saturated rings. The van der Waals surface area contributed by atoms with E-state index in [0.29, 0.717) is 12.1 Å². The maximum absolute atomic E-state index is 5.67. The average molecular weight is 279 g/mol. The lowest BCUT2D eigenvalue weighted by molar-refractivity contribution is 0.945. The van der Waals surface area contributed by atoms with Gasteiger partial charge in [0.2, 0.25) is 0 Å². The van der Waals surface area contributed by atoms with Gasteiger partial charge in [0.25, 0.3) is 0 Å². The van der Waals surface area contributed by atoms with E-state index in [4.69, 9.17) is 11.5 Å². The molecule has 0 aliphatic carbocycles. The lowest BCUT2D eigenvalue weighted by atomic mass is 10.1. The molecule has 4 nitrogen and oxygen atoms in total. The Balaban J connectivity index is 2.28. The molecule has 0 aliphatic heterocycles. The van der Waals surface area contributed by atoms with Crippen LogP contribution in [0.15, 0.2) is 34.8 Å². The van der Waals surface area contributed by atoms with Crippen LogP contribution in [0, 0.1) is 0 Å². The fraction of sp³-hybridized carbons (Fsp3) is 0.0909. The van der Waals surface area contributed by atoms with E-state index in [2.05, 4.69) is 26.1 Å². The molecule has 0 saturated carbocycles. The van der Waals surface area contributed by atoms with Gasteiger partial charge in [0.05, 0.1) is 11.4 Å². The summed E-state index contributed by atoms with van der Waals surface area (Å²) in [4.78, 5) is 0. The van der Waals surface area contributed by atoms with Gasteiger partial charge in [-0.1, -0.05) is 34.1 Å². The number of nitrogens with two attached hydrogens (primary N) is 2. The quantitative estimate of drug-likeness (QED) is 0.881. The molecule has 0 bridgehead atoms. The van der Waals surface area contributed by atoms with E-state index in [1.165, 1.54) is 0 Å². The van der Waals surface area contributed by atoms with Gasteiger partial charge in [-0.3, -0.25) is 0 Å². The van der Waals surface area contributed by atoms with Crippen LogP contribution in [0.2, 0.25) is 0 Å². The Morgan fingerprint density at radius 2 is 1.88 bits per heavy atom. The van der Waals surface area contributed by atoms with Crippen LogP contribution in [0.4, 0.5) is 11.5 Å². The predicted octanol–water partition coefficient (Wildman–Crippen LogP) is 1.99. The molecule has 1 aromatic heterocycles. The van der Waals surface area contributed by atoms with Crippen molar-refractivity contribution in [1.29, 1.82) is 0 Å². The Labute approximate surface area is 102 Å². The Kier molecular flexibility index (Phi) is 3.05. The predicted molar refractivity (Wildman–Crippen MR) is 67.8 cm³/mol. The van der Waals surface area contributed by atoms with Crippen molar-refractivity contribution in [2.24, 2.45) is 0 Å². The lowest BCUT2D eigenvalue weighted by Crippen LogP contribution is -2.03. The highest BCUT2D eigenvalue weighted by Gasteiger charge is 2.04. The first-order chi connectivity index (χ1) is 7.66. The van der Waals surface area contributed by atoms with Crippen molar-refractivity contribution in [1.82, 2.24) is 10.2 Å². The van der Waals surface area contributed by atoms with Gasteiger partial charge in [-0.15, -0.1) is 5.10 Å². The zero-order valence-electron chi connectivity index (χ0n) is 8.52. The third-order valence-electron chi connectivity index (χ3n) is 2.23. The molecule has 5 heteroatoms. The van der Waals surface area contributed by atoms with E-state index in [-0.39, 0.29) is 5.82 Å². The van der Waals surface area contributed by atoms with Gasteiger partial charge in [-0.25, -0.2) is 0 Å². The summed E-state index contributed by atoms with van der Waals surface area (Å²) >= 11 is 3.48. The van der Waals surface area contributed by atoms with E-state index >= 15 is 0 Å². The molecular weight excluding hydrogens is 268 g/mol. The van der Waals surface area contributed by atoms with Gasteiger partial charge < -0.3 is 11.5 Å². The average Bonchev–Trinajstić information content (AvgIpc) is 2.27. The maximum Gasteiger partial charge on any atom is 0.169 e. The fourth-order valence-electron chi connectivity index (χ4n) is 1.38. The number of rotatable bonds is 2. The molecule has 0 saturated heterocycles. The molecule has 16 heavy (non-hydrogen) atoms. The van der Waals surface area contributed by atoms with Gasteiger partial charge in [-0.05, 0) is 17.7 Å². The zero-order chi connectivity index (χ0) is 11.5. The molecule has 0 aliphatic rings. The van der Waals surface area contributed by atoms with Crippen molar-refractivity contribution in [2.75, 3.05) is 11.5 Å². The highest BCUT2D eigenvalue weighted by molar-refractivity contribution is 9.10. The van der Waals surface area contributed by atoms with Gasteiger partial charge in [0.1, 0.15) is 0 Å². The Hall–Kier alpha value is -1.62. The molecule has 0 atom stereocenters. The van der Waals surface area contributed by atoms with E-state index in [9.17, 15) is 0 Å². The number of nitrogen functional groups attached to an aromatic ring is 2. The number of hydrogen-bond donors (Lipinski definition) is 2. The monoisotopic (exact) mass is 278 g/mol. The van der Waals surface area contributed by atoms with Gasteiger partial charge in [0.15, 0.2) is 5.82 Å². The smallest absolute Gasteiger partial charge is 0.169 e. The van der Waals surface area contributed by atoms with Crippen LogP contribution in [0.5, 0.6) is 0 Å². The molecule has 4 N–H and O–H groups in total. The molecule has 0 amide bonds. The molecule has 1 heterocycles. The van der Waals surface area contributed by atoms with Crippen LogP contribution in [0.3, 0.4) is 0 Å². The molecule has 0 unspecified atom stereocenters. The Morgan fingerprint density at radius 3 is 2.56 bits per heavy atom. The topological polar surface area (TPSA) is 77.8 Å². The van der Waals surface area contributed by atoms with Crippen LogP contribution < -0.4 is 11.5 Å². The lowest BCUT2D eigenvalue weighted by Gasteiger charge is -2.04. The van der Waals surface area contributed by atoms with E-state index in [0.717, 1.165) is 15.7 Å². The first-order valence-corrected chi connectivity index (χ1v) is 5.57. The largest absolute Gasteiger partial charge is 0.396 e. The van der Waals surface area contributed by atoms with Crippen molar-refractivity contribution in [3.05, 3.63) is 46.1 Å². The highest BCUT2D eigenvalue weighted by Crippen LogP contribution is 2.20. The summed E-state index contributed by atoms with van der Waals surface area (Å²) in [6.07, 6.45) is 0.679. The zero-order valence-corrected chi connectivity index (χ0v) is 10.1. The molecule has 0 radical (unpaired) electrons. The van der Waals surface area contributed by atoms with E-state index in [1.807, 2.05) is 24.3 Å². The molecule has 2 aromatic rings. The standard InChI is InChI=1S/C11H11BrN4/c12-9-4-2-1-3-7(9)5-8-6-10(13)11(14)16-15-8/h1-4,6H,5H2,(H2,13,15)(H2,14,16). The normalized spacial score (nSPS) is 10.3. The summed E-state index contributed by atoms with van der Waals surface area (Å²) in [6, 6.07) is 9.72. The van der Waals surface area contributed by atoms with Gasteiger partial charge in [0, 0.05) is 10.9 Å². The molecule has 2 rings (SSSR count). The van der Waals surface area contributed by atoms with Crippen LogP contribution in [-0.4, -0.2) is 10.2 Å². The second kappa shape index (κ2) is 4.49. The van der Waals surface area contributed by atoms with Crippen LogP contribution in [0.25, 0.3) is 0 Å². The number of benzene rings is 1. The third kappa shape index (κ3) is 2.30. The van der Waals surface area contributed by atoms with Gasteiger partial charge in [-0.2, -0.15) is 5.10 Å². The van der Waals surface area contributed by atoms with Crippen molar-refractivity contribution >= 4 is 27.4 Å². The second-order valence-corrected chi connectivity index (χ2v) is 4.30. The minimum absolute atomic E-state index is 0.274.